The van der Waals surface area contributed by atoms with Gasteiger partial charge in [0.1, 0.15) is 23.9 Å². The van der Waals surface area contributed by atoms with E-state index in [4.69, 9.17) is 28.9 Å². The maximum Gasteiger partial charge on any atom is 0.176 e. The van der Waals surface area contributed by atoms with Crippen LogP contribution in [-0.2, 0) is 11.3 Å². The van der Waals surface area contributed by atoms with Crippen LogP contribution in [-0.4, -0.2) is 57.5 Å². The molecule has 4 aromatic rings. The lowest BCUT2D eigenvalue weighted by Crippen LogP contribution is -2.37. The number of aromatic nitrogens is 2. The van der Waals surface area contributed by atoms with Gasteiger partial charge in [0.05, 0.1) is 38.5 Å². The van der Waals surface area contributed by atoms with Crippen molar-refractivity contribution in [1.82, 2.24) is 9.97 Å². The van der Waals surface area contributed by atoms with Gasteiger partial charge in [-0.15, -0.1) is 0 Å². The zero-order valence-corrected chi connectivity index (χ0v) is 21.7. The average molecular weight is 512 g/mol. The molecular formula is C29H29N5O4. The highest BCUT2D eigenvalue weighted by atomic mass is 16.5. The van der Waals surface area contributed by atoms with Gasteiger partial charge < -0.3 is 28.7 Å². The second kappa shape index (κ2) is 11.2. The fourth-order valence-corrected chi connectivity index (χ4v) is 4.35. The molecule has 0 bridgehead atoms. The van der Waals surface area contributed by atoms with E-state index in [1.807, 2.05) is 66.5 Å². The van der Waals surface area contributed by atoms with Gasteiger partial charge >= 0.3 is 0 Å². The molecule has 0 unspecified atom stereocenters. The third-order valence-electron chi connectivity index (χ3n) is 6.50. The maximum absolute atomic E-state index is 9.62. The summed E-state index contributed by atoms with van der Waals surface area (Å²) in [5.41, 5.74) is 3.63. The zero-order chi connectivity index (χ0) is 26.5. The minimum atomic E-state index is 0.397. The Morgan fingerprint density at radius 3 is 2.47 bits per heavy atom. The summed E-state index contributed by atoms with van der Waals surface area (Å²) in [4.78, 5) is 14.0. The SMILES string of the molecule is COc1ccc(COc2ccc(N(C)c3nc4cccc(C#N)c4nc3N3CCOCC3)cc2OC)cc1. The molecule has 9 heteroatoms. The number of morpholine rings is 1. The number of methoxy groups -OCH3 is 2. The maximum atomic E-state index is 9.62. The van der Waals surface area contributed by atoms with Gasteiger partial charge in [0, 0.05) is 31.9 Å². The first-order valence-corrected chi connectivity index (χ1v) is 12.3. The molecule has 0 saturated carbocycles. The third-order valence-corrected chi connectivity index (χ3v) is 6.50. The van der Waals surface area contributed by atoms with Gasteiger partial charge in [-0.1, -0.05) is 18.2 Å². The molecular weight excluding hydrogens is 482 g/mol. The van der Waals surface area contributed by atoms with Crippen molar-refractivity contribution in [1.29, 1.82) is 5.26 Å². The number of anilines is 3. The van der Waals surface area contributed by atoms with Crippen molar-refractivity contribution in [3.8, 4) is 23.3 Å². The van der Waals surface area contributed by atoms with Gasteiger partial charge in [0.15, 0.2) is 23.1 Å². The van der Waals surface area contributed by atoms with Crippen molar-refractivity contribution < 1.29 is 18.9 Å². The Bertz CT molecular complexity index is 1460. The summed E-state index contributed by atoms with van der Waals surface area (Å²) in [7, 11) is 5.21. The standard InChI is InChI=1S/C29H29N5O4/c1-33(22-9-12-25(26(17-22)36-3)38-19-20-7-10-23(35-2)11-8-20)28-29(34-13-15-37-16-14-34)32-27-21(18-30)5-4-6-24(27)31-28/h4-12,17H,13-16,19H2,1-3H3. The van der Waals surface area contributed by atoms with E-state index in [2.05, 4.69) is 11.0 Å². The molecule has 194 valence electrons. The highest BCUT2D eigenvalue weighted by molar-refractivity contribution is 5.86. The molecule has 1 aromatic heterocycles. The second-order valence-corrected chi connectivity index (χ2v) is 8.79. The molecule has 0 radical (unpaired) electrons. The summed E-state index contributed by atoms with van der Waals surface area (Å²) in [6.07, 6.45) is 0. The van der Waals surface area contributed by atoms with E-state index in [0.717, 1.165) is 17.0 Å². The molecule has 2 heterocycles. The number of fused-ring (bicyclic) bond motifs is 1. The highest BCUT2D eigenvalue weighted by Gasteiger charge is 2.23. The Kier molecular flexibility index (Phi) is 7.43. The van der Waals surface area contributed by atoms with E-state index in [1.165, 1.54) is 0 Å². The number of ether oxygens (including phenoxy) is 4. The topological polar surface area (TPSA) is 93.0 Å². The Hall–Kier alpha value is -4.55. The largest absolute Gasteiger partial charge is 0.497 e. The number of hydrogen-bond acceptors (Lipinski definition) is 9. The molecule has 5 rings (SSSR count). The van der Waals surface area contributed by atoms with Crippen molar-refractivity contribution in [2.75, 3.05) is 57.4 Å². The van der Waals surface area contributed by atoms with Crippen LogP contribution in [0.5, 0.6) is 17.2 Å². The molecule has 0 N–H and O–H groups in total. The van der Waals surface area contributed by atoms with Crippen molar-refractivity contribution >= 4 is 28.4 Å². The first-order valence-electron chi connectivity index (χ1n) is 12.3. The van der Waals surface area contributed by atoms with Crippen LogP contribution in [0.3, 0.4) is 0 Å². The van der Waals surface area contributed by atoms with Crippen LogP contribution < -0.4 is 24.0 Å². The van der Waals surface area contributed by atoms with Gasteiger partial charge in [0.2, 0.25) is 0 Å². The van der Waals surface area contributed by atoms with Crippen LogP contribution in [0.1, 0.15) is 11.1 Å². The van der Waals surface area contributed by atoms with Crippen LogP contribution in [0, 0.1) is 11.3 Å². The summed E-state index contributed by atoms with van der Waals surface area (Å²) in [5.74, 6) is 3.44. The lowest BCUT2D eigenvalue weighted by Gasteiger charge is -2.31. The van der Waals surface area contributed by atoms with E-state index >= 15 is 0 Å². The summed E-state index contributed by atoms with van der Waals surface area (Å²) < 4.78 is 22.5. The van der Waals surface area contributed by atoms with Gasteiger partial charge in [-0.2, -0.15) is 5.26 Å². The Labute approximate surface area is 221 Å². The van der Waals surface area contributed by atoms with Crippen molar-refractivity contribution in [2.45, 2.75) is 6.61 Å². The van der Waals surface area contributed by atoms with Crippen LogP contribution in [0.4, 0.5) is 17.3 Å². The Morgan fingerprint density at radius 2 is 1.76 bits per heavy atom. The smallest absolute Gasteiger partial charge is 0.176 e. The van der Waals surface area contributed by atoms with E-state index in [-0.39, 0.29) is 0 Å². The quantitative estimate of drug-likeness (QED) is 0.334. The number of rotatable bonds is 8. The molecule has 38 heavy (non-hydrogen) atoms. The van der Waals surface area contributed by atoms with Gasteiger partial charge in [-0.05, 0) is 42.0 Å². The third kappa shape index (κ3) is 5.12. The van der Waals surface area contributed by atoms with Crippen LogP contribution in [0.15, 0.2) is 60.7 Å². The first kappa shape index (κ1) is 25.1. The van der Waals surface area contributed by atoms with Crippen molar-refractivity contribution in [3.63, 3.8) is 0 Å². The van der Waals surface area contributed by atoms with Crippen molar-refractivity contribution in [2.24, 2.45) is 0 Å². The minimum Gasteiger partial charge on any atom is -0.497 e. The van der Waals surface area contributed by atoms with Gasteiger partial charge in [-0.25, -0.2) is 9.97 Å². The minimum absolute atomic E-state index is 0.397. The Morgan fingerprint density at radius 1 is 0.974 bits per heavy atom. The van der Waals surface area contributed by atoms with Gasteiger partial charge in [-0.3, -0.25) is 0 Å². The lowest BCUT2D eigenvalue weighted by atomic mass is 10.2. The second-order valence-electron chi connectivity index (χ2n) is 8.79. The average Bonchev–Trinajstić information content (AvgIpc) is 2.99. The highest BCUT2D eigenvalue weighted by Crippen LogP contribution is 2.37. The summed E-state index contributed by atoms with van der Waals surface area (Å²) >= 11 is 0. The number of nitriles is 1. The van der Waals surface area contributed by atoms with Crippen LogP contribution in [0.2, 0.25) is 0 Å². The summed E-state index contributed by atoms with van der Waals surface area (Å²) in [5, 5.41) is 9.62. The zero-order valence-electron chi connectivity index (χ0n) is 21.7. The predicted octanol–water partition coefficient (Wildman–Crippen LogP) is 4.70. The van der Waals surface area contributed by atoms with E-state index in [1.54, 1.807) is 20.3 Å². The molecule has 3 aromatic carbocycles. The van der Waals surface area contributed by atoms with Crippen LogP contribution in [0.25, 0.3) is 11.0 Å². The van der Waals surface area contributed by atoms with Gasteiger partial charge in [0.25, 0.3) is 0 Å². The van der Waals surface area contributed by atoms with E-state index in [9.17, 15) is 5.26 Å². The summed E-state index contributed by atoms with van der Waals surface area (Å²) in [6.45, 7) is 3.00. The molecule has 0 atom stereocenters. The predicted molar refractivity (Wildman–Crippen MR) is 146 cm³/mol. The molecule has 9 nitrogen and oxygen atoms in total. The fourth-order valence-electron chi connectivity index (χ4n) is 4.35. The first-order chi connectivity index (χ1) is 18.6. The lowest BCUT2D eigenvalue weighted by molar-refractivity contribution is 0.122. The molecule has 0 amide bonds. The van der Waals surface area contributed by atoms with Crippen molar-refractivity contribution in [3.05, 3.63) is 71.8 Å². The van der Waals surface area contributed by atoms with Crippen LogP contribution >= 0.6 is 0 Å². The molecule has 1 aliphatic heterocycles. The molecule has 1 aliphatic rings. The van der Waals surface area contributed by atoms with E-state index in [0.29, 0.717) is 72.6 Å². The monoisotopic (exact) mass is 511 g/mol. The number of hydrogen-bond donors (Lipinski definition) is 0. The summed E-state index contributed by atoms with van der Waals surface area (Å²) in [6, 6.07) is 21.2. The number of nitrogens with zero attached hydrogens (tertiary/aromatic N) is 5. The normalized spacial score (nSPS) is 13.2. The molecule has 0 aliphatic carbocycles. The fraction of sp³-hybridized carbons (Fsp3) is 0.276. The number of benzene rings is 3. The molecule has 0 spiro atoms. The molecule has 1 fully saturated rings. The number of para-hydroxylation sites is 1. The van der Waals surface area contributed by atoms with E-state index < -0.39 is 0 Å². The Balaban J connectivity index is 1.47. The molecule has 1 saturated heterocycles.